The highest BCUT2D eigenvalue weighted by molar-refractivity contribution is 5.70. The van der Waals surface area contributed by atoms with Crippen molar-refractivity contribution in [3.05, 3.63) is 54.4 Å². The van der Waals surface area contributed by atoms with E-state index in [9.17, 15) is 9.59 Å². The Morgan fingerprint density at radius 3 is 2.36 bits per heavy atom. The Hall–Kier alpha value is -3.69. The second-order valence-corrected chi connectivity index (χ2v) is 9.48. The number of nitrogens with one attached hydrogen (secondary N) is 1. The van der Waals surface area contributed by atoms with Gasteiger partial charge in [0.15, 0.2) is 0 Å². The van der Waals surface area contributed by atoms with E-state index in [0.29, 0.717) is 11.5 Å². The molecule has 2 heterocycles. The van der Waals surface area contributed by atoms with Gasteiger partial charge in [0.25, 0.3) is 0 Å². The van der Waals surface area contributed by atoms with E-state index < -0.39 is 29.4 Å². The fraction of sp³-hybridized carbons (Fsp3) is 0.435. The monoisotopic (exact) mass is 455 g/mol. The van der Waals surface area contributed by atoms with Gasteiger partial charge in [-0.25, -0.2) is 19.1 Å². The zero-order valence-electron chi connectivity index (χ0n) is 19.7. The lowest BCUT2D eigenvalue weighted by Gasteiger charge is -2.22. The van der Waals surface area contributed by atoms with Crippen LogP contribution in [-0.4, -0.2) is 43.1 Å². The first-order valence-corrected chi connectivity index (χ1v) is 10.5. The molecule has 0 aliphatic heterocycles. The van der Waals surface area contributed by atoms with E-state index >= 15 is 0 Å². The number of nitrogens with zero attached hydrogens (tertiary/aromatic N) is 4. The highest BCUT2D eigenvalue weighted by Crippen LogP contribution is 2.22. The molecule has 0 spiro atoms. The summed E-state index contributed by atoms with van der Waals surface area (Å²) in [5.74, 6) is 0.576. The number of alkyl carbamates (subject to hydrolysis) is 1. The fourth-order valence-corrected chi connectivity index (χ4v) is 2.82. The smallest absolute Gasteiger partial charge is 0.419 e. The summed E-state index contributed by atoms with van der Waals surface area (Å²) in [7, 11) is 0. The number of amides is 1. The summed E-state index contributed by atoms with van der Waals surface area (Å²) in [6, 6.07) is 8.60. The van der Waals surface area contributed by atoms with Crippen LogP contribution in [0.4, 0.5) is 9.59 Å². The van der Waals surface area contributed by atoms with Crippen LogP contribution >= 0.6 is 0 Å². The maximum absolute atomic E-state index is 12.5. The van der Waals surface area contributed by atoms with Crippen molar-refractivity contribution in [2.75, 3.05) is 0 Å². The fourth-order valence-electron chi connectivity index (χ4n) is 2.82. The maximum atomic E-state index is 12.5. The molecule has 0 saturated carbocycles. The van der Waals surface area contributed by atoms with Crippen LogP contribution in [0.3, 0.4) is 0 Å². The Kier molecular flexibility index (Phi) is 6.85. The molecule has 1 N–H and O–H groups in total. The summed E-state index contributed by atoms with van der Waals surface area (Å²) in [6.07, 6.45) is 1.88. The standard InChI is InChI=1S/C23H29N5O5/c1-22(2,3)31-20(29)25-17(19-26-18(27-33-19)15-10-8-7-9-11-15)12-16-13-28(14-24-16)21(30)32-23(4,5)6/h7-11,13-14,17H,12H2,1-6H3,(H,25,29)/t17-/m0/s1. The van der Waals surface area contributed by atoms with Gasteiger partial charge < -0.3 is 19.3 Å². The molecule has 0 radical (unpaired) electrons. The van der Waals surface area contributed by atoms with Crippen LogP contribution < -0.4 is 5.32 Å². The van der Waals surface area contributed by atoms with E-state index in [-0.39, 0.29) is 12.3 Å². The minimum absolute atomic E-state index is 0.186. The largest absolute Gasteiger partial charge is 0.444 e. The molecule has 1 atom stereocenters. The lowest BCUT2D eigenvalue weighted by Crippen LogP contribution is -2.36. The lowest BCUT2D eigenvalue weighted by molar-refractivity contribution is 0.0489. The lowest BCUT2D eigenvalue weighted by atomic mass is 10.1. The van der Waals surface area contributed by atoms with E-state index in [2.05, 4.69) is 20.4 Å². The topological polar surface area (TPSA) is 121 Å². The van der Waals surface area contributed by atoms with Crippen molar-refractivity contribution in [1.82, 2.24) is 25.0 Å². The first kappa shape index (κ1) is 24.0. The van der Waals surface area contributed by atoms with Gasteiger partial charge in [0.2, 0.25) is 11.7 Å². The zero-order chi connectivity index (χ0) is 24.2. The summed E-state index contributed by atoms with van der Waals surface area (Å²) in [6.45, 7) is 10.6. The van der Waals surface area contributed by atoms with E-state index in [1.54, 1.807) is 41.5 Å². The quantitative estimate of drug-likeness (QED) is 0.596. The Balaban J connectivity index is 1.82. The Morgan fingerprint density at radius 2 is 1.73 bits per heavy atom. The molecule has 0 unspecified atom stereocenters. The number of carbonyl (C=O) groups excluding carboxylic acids is 2. The van der Waals surface area contributed by atoms with Gasteiger partial charge in [0.1, 0.15) is 23.6 Å². The molecule has 1 amide bonds. The van der Waals surface area contributed by atoms with Crippen LogP contribution in [0.1, 0.15) is 59.2 Å². The molecular formula is C23H29N5O5. The van der Waals surface area contributed by atoms with Gasteiger partial charge in [-0.3, -0.25) is 0 Å². The normalized spacial score (nSPS) is 12.8. The molecule has 10 heteroatoms. The second-order valence-electron chi connectivity index (χ2n) is 9.48. The molecule has 3 rings (SSSR count). The van der Waals surface area contributed by atoms with Crippen molar-refractivity contribution >= 4 is 12.2 Å². The van der Waals surface area contributed by atoms with Crippen molar-refractivity contribution in [2.45, 2.75) is 65.2 Å². The summed E-state index contributed by atoms with van der Waals surface area (Å²) in [5, 5.41) is 6.78. The molecule has 0 aliphatic carbocycles. The van der Waals surface area contributed by atoms with Crippen molar-refractivity contribution in [1.29, 1.82) is 0 Å². The zero-order valence-corrected chi connectivity index (χ0v) is 19.7. The van der Waals surface area contributed by atoms with Crippen LogP contribution in [0.2, 0.25) is 0 Å². The number of hydrogen-bond acceptors (Lipinski definition) is 8. The van der Waals surface area contributed by atoms with Crippen molar-refractivity contribution < 1.29 is 23.6 Å². The van der Waals surface area contributed by atoms with E-state index in [1.807, 2.05) is 30.3 Å². The van der Waals surface area contributed by atoms with Crippen LogP contribution in [-0.2, 0) is 15.9 Å². The van der Waals surface area contributed by atoms with Crippen LogP contribution in [0.5, 0.6) is 0 Å². The van der Waals surface area contributed by atoms with Gasteiger partial charge in [0, 0.05) is 18.2 Å². The SMILES string of the molecule is CC(C)(C)OC(=O)N[C@@H](Cc1cn(C(=O)OC(C)(C)C)cn1)c1nc(-c2ccccc2)no1. The van der Waals surface area contributed by atoms with Gasteiger partial charge in [0.05, 0.1) is 5.69 Å². The van der Waals surface area contributed by atoms with Gasteiger partial charge in [-0.1, -0.05) is 35.5 Å². The van der Waals surface area contributed by atoms with Gasteiger partial charge >= 0.3 is 12.2 Å². The van der Waals surface area contributed by atoms with Gasteiger partial charge in [-0.05, 0) is 41.5 Å². The molecular weight excluding hydrogens is 426 g/mol. The van der Waals surface area contributed by atoms with Gasteiger partial charge in [-0.15, -0.1) is 0 Å². The molecule has 33 heavy (non-hydrogen) atoms. The second kappa shape index (κ2) is 9.43. The highest BCUT2D eigenvalue weighted by Gasteiger charge is 2.27. The summed E-state index contributed by atoms with van der Waals surface area (Å²) in [5.41, 5.74) is -0.0317. The van der Waals surface area contributed by atoms with Crippen molar-refractivity contribution in [3.8, 4) is 11.4 Å². The van der Waals surface area contributed by atoms with E-state index in [1.165, 1.54) is 17.1 Å². The van der Waals surface area contributed by atoms with Crippen molar-refractivity contribution in [2.24, 2.45) is 0 Å². The minimum atomic E-state index is -0.730. The Labute approximate surface area is 192 Å². The highest BCUT2D eigenvalue weighted by atomic mass is 16.6. The predicted octanol–water partition coefficient (Wildman–Crippen LogP) is 4.52. The average molecular weight is 456 g/mol. The number of carbonyl (C=O) groups is 2. The maximum Gasteiger partial charge on any atom is 0.419 e. The van der Waals surface area contributed by atoms with Crippen LogP contribution in [0.25, 0.3) is 11.4 Å². The number of aromatic nitrogens is 4. The van der Waals surface area contributed by atoms with Crippen LogP contribution in [0.15, 0.2) is 47.4 Å². The third-order valence-electron chi connectivity index (χ3n) is 4.12. The first-order valence-electron chi connectivity index (χ1n) is 10.5. The van der Waals surface area contributed by atoms with Crippen LogP contribution in [0, 0.1) is 0 Å². The molecule has 1 aromatic carbocycles. The number of benzene rings is 1. The molecule has 2 aromatic heterocycles. The summed E-state index contributed by atoms with van der Waals surface area (Å²) >= 11 is 0. The number of imidazole rings is 1. The minimum Gasteiger partial charge on any atom is -0.444 e. The average Bonchev–Trinajstić information content (AvgIpc) is 3.35. The Morgan fingerprint density at radius 1 is 1.06 bits per heavy atom. The number of ether oxygens (including phenoxy) is 2. The Bertz CT molecular complexity index is 1090. The van der Waals surface area contributed by atoms with E-state index in [4.69, 9.17) is 14.0 Å². The molecule has 0 aliphatic rings. The van der Waals surface area contributed by atoms with E-state index in [0.717, 1.165) is 5.56 Å². The molecule has 176 valence electrons. The molecule has 0 fully saturated rings. The first-order chi connectivity index (χ1) is 15.4. The molecule has 10 nitrogen and oxygen atoms in total. The number of rotatable bonds is 5. The summed E-state index contributed by atoms with van der Waals surface area (Å²) in [4.78, 5) is 33.5. The predicted molar refractivity (Wildman–Crippen MR) is 119 cm³/mol. The summed E-state index contributed by atoms with van der Waals surface area (Å²) < 4.78 is 17.4. The molecule has 3 aromatic rings. The van der Waals surface area contributed by atoms with Gasteiger partial charge in [-0.2, -0.15) is 4.98 Å². The number of hydrogen-bond donors (Lipinski definition) is 1. The molecule has 0 saturated heterocycles. The molecule has 0 bridgehead atoms. The third-order valence-corrected chi connectivity index (χ3v) is 4.12. The van der Waals surface area contributed by atoms with Crippen molar-refractivity contribution in [3.63, 3.8) is 0 Å². The third kappa shape index (κ3) is 7.16.